The molecule has 0 bridgehead atoms. The van der Waals surface area contributed by atoms with Crippen molar-refractivity contribution in [3.8, 4) is 28.0 Å². The van der Waals surface area contributed by atoms with Crippen LogP contribution in [0.15, 0.2) is 71.2 Å². The number of carboxylic acids is 1. The fourth-order valence-corrected chi connectivity index (χ4v) is 4.60. The maximum absolute atomic E-state index is 13.5. The van der Waals surface area contributed by atoms with Crippen LogP contribution in [0, 0.1) is 0 Å². The Hall–Kier alpha value is -3.12. The second-order valence-electron chi connectivity index (χ2n) is 7.44. The molecule has 6 heteroatoms. The Morgan fingerprint density at radius 1 is 1.00 bits per heavy atom. The van der Waals surface area contributed by atoms with Gasteiger partial charge >= 0.3 is 5.97 Å². The van der Waals surface area contributed by atoms with E-state index < -0.39 is 12.0 Å². The van der Waals surface area contributed by atoms with Crippen LogP contribution in [0.3, 0.4) is 0 Å². The number of hydrogen-bond acceptors (Lipinski definition) is 3. The SMILES string of the molecule is COc1ccccc1-c1ccc(C(=O)N2CCCC2C(=O)O)c(-c2ccccc2Br)c1. The van der Waals surface area contributed by atoms with Crippen molar-refractivity contribution in [1.29, 1.82) is 0 Å². The Morgan fingerprint density at radius 2 is 1.71 bits per heavy atom. The number of carbonyl (C=O) groups is 2. The van der Waals surface area contributed by atoms with Gasteiger partial charge < -0.3 is 14.7 Å². The number of methoxy groups -OCH3 is 1. The largest absolute Gasteiger partial charge is 0.496 e. The number of aliphatic carboxylic acids is 1. The summed E-state index contributed by atoms with van der Waals surface area (Å²) in [6.45, 7) is 0.444. The van der Waals surface area contributed by atoms with Gasteiger partial charge in [0, 0.05) is 22.1 Å². The highest BCUT2D eigenvalue weighted by Crippen LogP contribution is 2.37. The molecule has 0 spiro atoms. The van der Waals surface area contributed by atoms with Crippen LogP contribution >= 0.6 is 15.9 Å². The molecule has 1 fully saturated rings. The van der Waals surface area contributed by atoms with E-state index in [-0.39, 0.29) is 5.91 Å². The minimum Gasteiger partial charge on any atom is -0.496 e. The van der Waals surface area contributed by atoms with E-state index in [0.717, 1.165) is 32.5 Å². The van der Waals surface area contributed by atoms with Crippen LogP contribution in [0.4, 0.5) is 0 Å². The van der Waals surface area contributed by atoms with Gasteiger partial charge in [0.1, 0.15) is 11.8 Å². The van der Waals surface area contributed by atoms with Crippen molar-refractivity contribution in [2.45, 2.75) is 18.9 Å². The smallest absolute Gasteiger partial charge is 0.326 e. The average Bonchev–Trinajstić information content (AvgIpc) is 3.29. The molecule has 5 nitrogen and oxygen atoms in total. The number of rotatable bonds is 5. The lowest BCUT2D eigenvalue weighted by Crippen LogP contribution is -2.40. The Morgan fingerprint density at radius 3 is 2.42 bits per heavy atom. The summed E-state index contributed by atoms with van der Waals surface area (Å²) in [5.41, 5.74) is 3.93. The van der Waals surface area contributed by atoms with Crippen molar-refractivity contribution in [2.75, 3.05) is 13.7 Å². The topological polar surface area (TPSA) is 66.8 Å². The summed E-state index contributed by atoms with van der Waals surface area (Å²) in [6.07, 6.45) is 1.16. The number of likely N-dealkylation sites (tertiary alicyclic amines) is 1. The van der Waals surface area contributed by atoms with Gasteiger partial charge in [0.25, 0.3) is 5.91 Å². The number of carbonyl (C=O) groups excluding carboxylic acids is 1. The summed E-state index contributed by atoms with van der Waals surface area (Å²) in [5.74, 6) is -0.480. The number of amides is 1. The lowest BCUT2D eigenvalue weighted by Gasteiger charge is -2.23. The molecule has 1 N–H and O–H groups in total. The van der Waals surface area contributed by atoms with E-state index in [1.807, 2.05) is 60.7 Å². The average molecular weight is 480 g/mol. The number of hydrogen-bond donors (Lipinski definition) is 1. The van der Waals surface area contributed by atoms with Crippen molar-refractivity contribution >= 4 is 27.8 Å². The van der Waals surface area contributed by atoms with E-state index in [2.05, 4.69) is 15.9 Å². The number of benzene rings is 3. The molecule has 3 aromatic rings. The van der Waals surface area contributed by atoms with Crippen LogP contribution < -0.4 is 4.74 Å². The molecule has 1 unspecified atom stereocenters. The molecule has 3 aromatic carbocycles. The van der Waals surface area contributed by atoms with Gasteiger partial charge in [0.15, 0.2) is 0 Å². The highest BCUT2D eigenvalue weighted by molar-refractivity contribution is 9.10. The molecule has 0 saturated carbocycles. The summed E-state index contributed by atoms with van der Waals surface area (Å²) in [7, 11) is 1.63. The number of nitrogens with zero attached hydrogens (tertiary/aromatic N) is 1. The second-order valence-corrected chi connectivity index (χ2v) is 8.29. The molecule has 0 aromatic heterocycles. The zero-order valence-electron chi connectivity index (χ0n) is 17.0. The minimum absolute atomic E-state index is 0.262. The first kappa shape index (κ1) is 21.1. The number of carboxylic acid groups (broad SMARTS) is 1. The molecule has 1 saturated heterocycles. The first-order chi connectivity index (χ1) is 15.0. The summed E-state index contributed by atoms with van der Waals surface area (Å²) in [6, 6.07) is 20.3. The molecule has 0 radical (unpaired) electrons. The lowest BCUT2D eigenvalue weighted by atomic mass is 9.93. The summed E-state index contributed by atoms with van der Waals surface area (Å²) >= 11 is 3.60. The van der Waals surface area contributed by atoms with E-state index in [4.69, 9.17) is 4.74 Å². The van der Waals surface area contributed by atoms with Gasteiger partial charge in [-0.3, -0.25) is 4.79 Å². The van der Waals surface area contributed by atoms with Crippen LogP contribution in [0.25, 0.3) is 22.3 Å². The normalized spacial score (nSPS) is 15.7. The molecule has 1 heterocycles. The second kappa shape index (κ2) is 8.94. The van der Waals surface area contributed by atoms with E-state index >= 15 is 0 Å². The van der Waals surface area contributed by atoms with Crippen molar-refractivity contribution in [2.24, 2.45) is 0 Å². The molecule has 4 rings (SSSR count). The Bertz CT molecular complexity index is 1140. The van der Waals surface area contributed by atoms with Gasteiger partial charge in [-0.25, -0.2) is 4.79 Å². The highest BCUT2D eigenvalue weighted by atomic mass is 79.9. The minimum atomic E-state index is -0.959. The van der Waals surface area contributed by atoms with Gasteiger partial charge in [-0.05, 0) is 53.8 Å². The summed E-state index contributed by atoms with van der Waals surface area (Å²) < 4.78 is 6.38. The molecule has 1 aliphatic heterocycles. The molecule has 1 atom stereocenters. The van der Waals surface area contributed by atoms with E-state index in [1.54, 1.807) is 13.2 Å². The van der Waals surface area contributed by atoms with E-state index in [1.165, 1.54) is 4.90 Å². The van der Waals surface area contributed by atoms with Crippen LogP contribution in [-0.4, -0.2) is 41.6 Å². The highest BCUT2D eigenvalue weighted by Gasteiger charge is 2.35. The third-order valence-corrected chi connectivity index (χ3v) is 6.32. The zero-order valence-corrected chi connectivity index (χ0v) is 18.6. The van der Waals surface area contributed by atoms with E-state index in [0.29, 0.717) is 24.9 Å². The van der Waals surface area contributed by atoms with Crippen molar-refractivity contribution in [1.82, 2.24) is 4.90 Å². The predicted octanol–water partition coefficient (Wildman–Crippen LogP) is 5.48. The number of para-hydroxylation sites is 1. The first-order valence-corrected chi connectivity index (χ1v) is 10.9. The van der Waals surface area contributed by atoms with Crippen LogP contribution in [0.2, 0.25) is 0 Å². The van der Waals surface area contributed by atoms with Gasteiger partial charge in [-0.1, -0.05) is 58.4 Å². The van der Waals surface area contributed by atoms with E-state index in [9.17, 15) is 14.7 Å². The standard InChI is InChI=1S/C25H22BrNO4/c1-31-23-11-5-3-7-17(23)16-12-13-19(20(15-16)18-8-2-4-9-21(18)26)24(28)27-14-6-10-22(27)25(29)30/h2-5,7-9,11-13,15,22H,6,10,14H2,1H3,(H,29,30). The molecular formula is C25H22BrNO4. The third kappa shape index (κ3) is 4.08. The van der Waals surface area contributed by atoms with Gasteiger partial charge in [0.2, 0.25) is 0 Å². The van der Waals surface area contributed by atoms with Crippen molar-refractivity contribution < 1.29 is 19.4 Å². The van der Waals surface area contributed by atoms with Crippen LogP contribution in [0.5, 0.6) is 5.75 Å². The zero-order chi connectivity index (χ0) is 22.0. The Balaban J connectivity index is 1.87. The number of halogens is 1. The Kier molecular flexibility index (Phi) is 6.09. The van der Waals surface area contributed by atoms with Gasteiger partial charge in [-0.15, -0.1) is 0 Å². The quantitative estimate of drug-likeness (QED) is 0.525. The fourth-order valence-electron chi connectivity index (χ4n) is 4.11. The van der Waals surface area contributed by atoms with Crippen LogP contribution in [0.1, 0.15) is 23.2 Å². The third-order valence-electron chi connectivity index (χ3n) is 5.63. The fraction of sp³-hybridized carbons (Fsp3) is 0.200. The summed E-state index contributed by atoms with van der Waals surface area (Å²) in [4.78, 5) is 26.6. The maximum Gasteiger partial charge on any atom is 0.326 e. The van der Waals surface area contributed by atoms with Gasteiger partial charge in [0.05, 0.1) is 7.11 Å². The van der Waals surface area contributed by atoms with Crippen molar-refractivity contribution in [3.63, 3.8) is 0 Å². The monoisotopic (exact) mass is 479 g/mol. The molecule has 1 aliphatic rings. The summed E-state index contributed by atoms with van der Waals surface area (Å²) in [5, 5.41) is 9.55. The van der Waals surface area contributed by atoms with Gasteiger partial charge in [-0.2, -0.15) is 0 Å². The molecule has 158 valence electrons. The first-order valence-electron chi connectivity index (χ1n) is 10.1. The molecule has 1 amide bonds. The lowest BCUT2D eigenvalue weighted by molar-refractivity contribution is -0.141. The molecule has 31 heavy (non-hydrogen) atoms. The molecular weight excluding hydrogens is 458 g/mol. The predicted molar refractivity (Wildman–Crippen MR) is 123 cm³/mol. The Labute approximate surface area is 189 Å². The van der Waals surface area contributed by atoms with Crippen LogP contribution in [-0.2, 0) is 4.79 Å². The van der Waals surface area contributed by atoms with Crippen molar-refractivity contribution in [3.05, 3.63) is 76.8 Å². The number of ether oxygens (including phenoxy) is 1. The maximum atomic E-state index is 13.5. The molecule has 0 aliphatic carbocycles.